The maximum Gasteiger partial charge on any atom is 0.223 e. The minimum absolute atomic E-state index is 0.124. The summed E-state index contributed by atoms with van der Waals surface area (Å²) in [5.41, 5.74) is 1.96. The van der Waals surface area contributed by atoms with Crippen LogP contribution < -0.4 is 10.1 Å². The Balaban J connectivity index is 1.52. The van der Waals surface area contributed by atoms with Crippen molar-refractivity contribution in [2.45, 2.75) is 32.4 Å². The fourth-order valence-corrected chi connectivity index (χ4v) is 3.31. The SMILES string of the molecule is CC(NC(=O)C1CC1)c1nc2ccccc2n1CCOc1ccc(Cl)cc1. The van der Waals surface area contributed by atoms with Crippen molar-refractivity contribution < 1.29 is 9.53 Å². The van der Waals surface area contributed by atoms with Crippen LogP contribution in [-0.2, 0) is 11.3 Å². The zero-order valence-corrected chi connectivity index (χ0v) is 15.9. The molecule has 140 valence electrons. The Hall–Kier alpha value is -2.53. The number of amides is 1. The van der Waals surface area contributed by atoms with E-state index < -0.39 is 0 Å². The summed E-state index contributed by atoms with van der Waals surface area (Å²) in [7, 11) is 0. The molecule has 1 aliphatic carbocycles. The summed E-state index contributed by atoms with van der Waals surface area (Å²) in [6.07, 6.45) is 1.98. The molecule has 0 radical (unpaired) electrons. The normalized spacial score (nSPS) is 14.9. The van der Waals surface area contributed by atoms with E-state index >= 15 is 0 Å². The molecular formula is C21H22ClN3O2. The van der Waals surface area contributed by atoms with Gasteiger partial charge in [0, 0.05) is 10.9 Å². The highest BCUT2D eigenvalue weighted by atomic mass is 35.5. The van der Waals surface area contributed by atoms with Gasteiger partial charge in [0.05, 0.1) is 23.6 Å². The lowest BCUT2D eigenvalue weighted by Crippen LogP contribution is -2.30. The number of rotatable bonds is 7. The van der Waals surface area contributed by atoms with E-state index in [-0.39, 0.29) is 17.9 Å². The summed E-state index contributed by atoms with van der Waals surface area (Å²) < 4.78 is 7.98. The predicted octanol–water partition coefficient (Wildman–Crippen LogP) is 4.36. The number of carbonyl (C=O) groups excluding carboxylic acids is 1. The van der Waals surface area contributed by atoms with Crippen LogP contribution in [0.15, 0.2) is 48.5 Å². The number of para-hydroxylation sites is 2. The molecule has 5 nitrogen and oxygen atoms in total. The molecule has 1 amide bonds. The number of carbonyl (C=O) groups is 1. The molecule has 1 atom stereocenters. The molecule has 0 spiro atoms. The van der Waals surface area contributed by atoms with E-state index in [2.05, 4.69) is 9.88 Å². The third-order valence-electron chi connectivity index (χ3n) is 4.78. The Bertz CT molecular complexity index is 948. The first kappa shape index (κ1) is 17.9. The smallest absolute Gasteiger partial charge is 0.223 e. The summed E-state index contributed by atoms with van der Waals surface area (Å²) in [5, 5.41) is 3.78. The standard InChI is InChI=1S/C21H22ClN3O2/c1-14(23-21(26)15-6-7-15)20-24-18-4-2-3-5-19(18)25(20)12-13-27-17-10-8-16(22)9-11-17/h2-5,8-11,14-15H,6-7,12-13H2,1H3,(H,23,26). The van der Waals surface area contributed by atoms with Crippen molar-refractivity contribution in [3.63, 3.8) is 0 Å². The summed E-state index contributed by atoms with van der Waals surface area (Å²) >= 11 is 5.91. The average molecular weight is 384 g/mol. The molecule has 1 aromatic heterocycles. The Morgan fingerprint density at radius 2 is 2.00 bits per heavy atom. The van der Waals surface area contributed by atoms with Crippen LogP contribution in [0.1, 0.15) is 31.6 Å². The second-order valence-corrected chi connectivity index (χ2v) is 7.35. The molecule has 1 saturated carbocycles. The molecule has 0 bridgehead atoms. The molecule has 1 aliphatic rings. The van der Waals surface area contributed by atoms with Gasteiger partial charge in [-0.05, 0) is 56.2 Å². The first-order valence-electron chi connectivity index (χ1n) is 9.26. The molecule has 2 aromatic carbocycles. The van der Waals surface area contributed by atoms with Crippen molar-refractivity contribution in [2.24, 2.45) is 5.92 Å². The Morgan fingerprint density at radius 1 is 1.26 bits per heavy atom. The second kappa shape index (κ2) is 7.61. The molecule has 1 fully saturated rings. The van der Waals surface area contributed by atoms with Crippen molar-refractivity contribution >= 4 is 28.5 Å². The molecule has 6 heteroatoms. The van der Waals surface area contributed by atoms with Crippen LogP contribution in [0, 0.1) is 5.92 Å². The van der Waals surface area contributed by atoms with E-state index in [1.807, 2.05) is 55.5 Å². The summed E-state index contributed by atoms with van der Waals surface area (Å²) in [6.45, 7) is 3.12. The molecule has 3 aromatic rings. The van der Waals surface area contributed by atoms with Gasteiger partial charge >= 0.3 is 0 Å². The number of imidazole rings is 1. The molecule has 1 N–H and O–H groups in total. The third kappa shape index (κ3) is 4.08. The molecule has 0 saturated heterocycles. The molecule has 1 heterocycles. The van der Waals surface area contributed by atoms with Crippen molar-refractivity contribution in [1.29, 1.82) is 0 Å². The number of fused-ring (bicyclic) bond motifs is 1. The average Bonchev–Trinajstić information content (AvgIpc) is 3.46. The maximum absolute atomic E-state index is 12.2. The van der Waals surface area contributed by atoms with Crippen LogP contribution in [0.5, 0.6) is 5.75 Å². The van der Waals surface area contributed by atoms with Crippen LogP contribution in [0.25, 0.3) is 11.0 Å². The first-order valence-corrected chi connectivity index (χ1v) is 9.63. The topological polar surface area (TPSA) is 56.2 Å². The number of hydrogen-bond acceptors (Lipinski definition) is 3. The van der Waals surface area contributed by atoms with Crippen LogP contribution in [0.2, 0.25) is 5.02 Å². The van der Waals surface area contributed by atoms with Crippen LogP contribution >= 0.6 is 11.6 Å². The molecule has 1 unspecified atom stereocenters. The van der Waals surface area contributed by atoms with E-state index in [0.29, 0.717) is 18.2 Å². The fraction of sp³-hybridized carbons (Fsp3) is 0.333. The van der Waals surface area contributed by atoms with Gasteiger partial charge in [0.15, 0.2) is 0 Å². The summed E-state index contributed by atoms with van der Waals surface area (Å²) in [6, 6.07) is 15.2. The summed E-state index contributed by atoms with van der Waals surface area (Å²) in [4.78, 5) is 16.9. The van der Waals surface area contributed by atoms with Crippen molar-refractivity contribution in [3.8, 4) is 5.75 Å². The molecular weight excluding hydrogens is 362 g/mol. The van der Waals surface area contributed by atoms with Crippen molar-refractivity contribution in [2.75, 3.05) is 6.61 Å². The number of halogens is 1. The molecule has 0 aliphatic heterocycles. The third-order valence-corrected chi connectivity index (χ3v) is 5.03. The lowest BCUT2D eigenvalue weighted by atomic mass is 10.2. The summed E-state index contributed by atoms with van der Waals surface area (Å²) in [5.74, 6) is 1.93. The molecule has 27 heavy (non-hydrogen) atoms. The number of nitrogens with zero attached hydrogens (tertiary/aromatic N) is 2. The number of nitrogens with one attached hydrogen (secondary N) is 1. The lowest BCUT2D eigenvalue weighted by molar-refractivity contribution is -0.123. The van der Waals surface area contributed by atoms with E-state index in [1.165, 1.54) is 0 Å². The van der Waals surface area contributed by atoms with Gasteiger partial charge in [-0.2, -0.15) is 0 Å². The van der Waals surface area contributed by atoms with E-state index in [0.717, 1.165) is 35.4 Å². The van der Waals surface area contributed by atoms with Gasteiger partial charge in [0.1, 0.15) is 18.2 Å². The van der Waals surface area contributed by atoms with Crippen molar-refractivity contribution in [1.82, 2.24) is 14.9 Å². The molecule has 4 rings (SSSR count). The minimum Gasteiger partial charge on any atom is -0.492 e. The number of aromatic nitrogens is 2. The quantitative estimate of drug-likeness (QED) is 0.659. The monoisotopic (exact) mass is 383 g/mol. The van der Waals surface area contributed by atoms with Gasteiger partial charge in [-0.3, -0.25) is 4.79 Å². The van der Waals surface area contributed by atoms with Crippen LogP contribution in [0.3, 0.4) is 0 Å². The van der Waals surface area contributed by atoms with Gasteiger partial charge in [0.2, 0.25) is 5.91 Å². The highest BCUT2D eigenvalue weighted by Gasteiger charge is 2.31. The lowest BCUT2D eigenvalue weighted by Gasteiger charge is -2.16. The van der Waals surface area contributed by atoms with Gasteiger partial charge in [-0.1, -0.05) is 23.7 Å². The Labute approximate surface area is 163 Å². The van der Waals surface area contributed by atoms with E-state index in [9.17, 15) is 4.79 Å². The minimum atomic E-state index is -0.152. The fourth-order valence-electron chi connectivity index (χ4n) is 3.19. The van der Waals surface area contributed by atoms with Crippen LogP contribution in [0.4, 0.5) is 0 Å². The van der Waals surface area contributed by atoms with Gasteiger partial charge in [0.25, 0.3) is 0 Å². The number of hydrogen-bond donors (Lipinski definition) is 1. The van der Waals surface area contributed by atoms with Gasteiger partial charge in [-0.25, -0.2) is 4.98 Å². The van der Waals surface area contributed by atoms with Gasteiger partial charge in [-0.15, -0.1) is 0 Å². The van der Waals surface area contributed by atoms with E-state index in [4.69, 9.17) is 21.3 Å². The first-order chi connectivity index (χ1) is 13.1. The van der Waals surface area contributed by atoms with Crippen molar-refractivity contribution in [3.05, 3.63) is 59.4 Å². The Morgan fingerprint density at radius 3 is 2.74 bits per heavy atom. The van der Waals surface area contributed by atoms with E-state index in [1.54, 1.807) is 0 Å². The van der Waals surface area contributed by atoms with Crippen LogP contribution in [-0.4, -0.2) is 22.1 Å². The highest BCUT2D eigenvalue weighted by Crippen LogP contribution is 2.30. The highest BCUT2D eigenvalue weighted by molar-refractivity contribution is 6.30. The maximum atomic E-state index is 12.2. The zero-order valence-electron chi connectivity index (χ0n) is 15.2. The van der Waals surface area contributed by atoms with Gasteiger partial charge < -0.3 is 14.6 Å². The number of ether oxygens (including phenoxy) is 1. The second-order valence-electron chi connectivity index (χ2n) is 6.92. The predicted molar refractivity (Wildman–Crippen MR) is 106 cm³/mol. The zero-order chi connectivity index (χ0) is 18.8. The largest absolute Gasteiger partial charge is 0.492 e. The number of benzene rings is 2. The Kier molecular flexibility index (Phi) is 5.03.